The van der Waals surface area contributed by atoms with Crippen LogP contribution in [0.5, 0.6) is 0 Å². The number of amidine groups is 1. The summed E-state index contributed by atoms with van der Waals surface area (Å²) in [6.45, 7) is 0. The van der Waals surface area contributed by atoms with Gasteiger partial charge < -0.3 is 16.9 Å². The maximum absolute atomic E-state index is 5.84. The summed E-state index contributed by atoms with van der Waals surface area (Å²) in [5, 5.41) is 11.1. The van der Waals surface area contributed by atoms with E-state index in [2.05, 4.69) is 27.8 Å². The zero-order valence-electron chi connectivity index (χ0n) is 13.7. The van der Waals surface area contributed by atoms with Gasteiger partial charge in [-0.15, -0.1) is 17.8 Å². The first-order chi connectivity index (χ1) is 12.7. The number of nitrogens with two attached hydrogens (primary N) is 2. The highest BCUT2D eigenvalue weighted by Gasteiger charge is 2.11. The van der Waals surface area contributed by atoms with Crippen LogP contribution in [0.3, 0.4) is 0 Å². The summed E-state index contributed by atoms with van der Waals surface area (Å²) >= 11 is 1.67. The predicted molar refractivity (Wildman–Crippen MR) is 110 cm³/mol. The topological polar surface area (TPSA) is 89.3 Å². The fourth-order valence-corrected chi connectivity index (χ4v) is 3.79. The molecule has 6 heteroatoms. The lowest BCUT2D eigenvalue weighted by Crippen LogP contribution is -2.15. The van der Waals surface area contributed by atoms with Crippen molar-refractivity contribution >= 4 is 49.7 Å². The molecule has 0 fully saturated rings. The van der Waals surface area contributed by atoms with E-state index in [1.165, 1.54) is 0 Å². The number of aromatic nitrogens is 1. The van der Waals surface area contributed by atoms with Crippen molar-refractivity contribution in [2.75, 3.05) is 5.32 Å². The molecule has 2 aromatic heterocycles. The summed E-state index contributed by atoms with van der Waals surface area (Å²) in [5.74, 6) is 8.98. The summed E-state index contributed by atoms with van der Waals surface area (Å²) in [6.07, 6.45) is 5.49. The Morgan fingerprint density at radius 1 is 1.15 bits per heavy atom. The molecule has 0 spiro atoms. The number of nitrogens with zero attached hydrogens (tertiary/aromatic N) is 2. The lowest BCUT2D eigenvalue weighted by molar-refractivity contribution is 1.23. The van der Waals surface area contributed by atoms with Gasteiger partial charge in [0.1, 0.15) is 11.7 Å². The van der Waals surface area contributed by atoms with Crippen LogP contribution in [0.15, 0.2) is 59.0 Å². The number of hydrazone groups is 1. The molecular weight excluding hydrogens is 342 g/mol. The van der Waals surface area contributed by atoms with E-state index in [4.69, 9.17) is 23.0 Å². The minimum Gasteiger partial charge on any atom is -0.382 e. The minimum atomic E-state index is 0.274. The van der Waals surface area contributed by atoms with Crippen LogP contribution >= 0.6 is 11.3 Å². The number of hydrogen-bond donors (Lipinski definition) is 3. The van der Waals surface area contributed by atoms with Crippen LogP contribution < -0.4 is 16.9 Å². The molecule has 0 saturated heterocycles. The van der Waals surface area contributed by atoms with E-state index in [0.717, 1.165) is 43.6 Å². The molecule has 0 unspecified atom stereocenters. The van der Waals surface area contributed by atoms with E-state index >= 15 is 0 Å². The molecule has 5 N–H and O–H groups in total. The average molecular weight is 357 g/mol. The Kier molecular flexibility index (Phi) is 3.92. The maximum Gasteiger partial charge on any atom is 0.150 e. The molecule has 2 aromatic carbocycles. The van der Waals surface area contributed by atoms with Crippen LogP contribution in [0.4, 0.5) is 11.5 Å². The molecule has 4 rings (SSSR count). The smallest absolute Gasteiger partial charge is 0.150 e. The van der Waals surface area contributed by atoms with E-state index in [9.17, 15) is 0 Å². The molecule has 5 nitrogen and oxygen atoms in total. The average Bonchev–Trinajstić information content (AvgIpc) is 3.17. The number of fused-ring (bicyclic) bond motifs is 3. The number of hydrogen-bond acceptors (Lipinski definition) is 5. The van der Waals surface area contributed by atoms with Crippen molar-refractivity contribution in [1.29, 1.82) is 0 Å². The van der Waals surface area contributed by atoms with Crippen molar-refractivity contribution in [3.8, 4) is 12.3 Å². The largest absolute Gasteiger partial charge is 0.382 e. The molecule has 26 heavy (non-hydrogen) atoms. The second-order valence-electron chi connectivity index (χ2n) is 5.72. The summed E-state index contributed by atoms with van der Waals surface area (Å²) in [6, 6.07) is 15.5. The first kappa shape index (κ1) is 15.9. The quantitative estimate of drug-likeness (QED) is 0.171. The summed E-state index contributed by atoms with van der Waals surface area (Å²) in [5.41, 5.74) is 9.10. The number of rotatable bonds is 3. The van der Waals surface area contributed by atoms with E-state index < -0.39 is 0 Å². The van der Waals surface area contributed by atoms with Crippen molar-refractivity contribution in [3.63, 3.8) is 0 Å². The first-order valence-electron chi connectivity index (χ1n) is 7.88. The van der Waals surface area contributed by atoms with Gasteiger partial charge >= 0.3 is 0 Å². The van der Waals surface area contributed by atoms with E-state index in [1.807, 2.05) is 42.5 Å². The zero-order chi connectivity index (χ0) is 18.1. The van der Waals surface area contributed by atoms with Crippen molar-refractivity contribution in [1.82, 2.24) is 4.98 Å². The van der Waals surface area contributed by atoms with Gasteiger partial charge in [-0.3, -0.25) is 0 Å². The van der Waals surface area contributed by atoms with Crippen molar-refractivity contribution in [2.24, 2.45) is 16.7 Å². The van der Waals surface area contributed by atoms with Crippen LogP contribution in [0.2, 0.25) is 0 Å². The predicted octanol–water partition coefficient (Wildman–Crippen LogP) is 3.75. The van der Waals surface area contributed by atoms with Gasteiger partial charge in [-0.25, -0.2) is 4.98 Å². The summed E-state index contributed by atoms with van der Waals surface area (Å²) in [7, 11) is 0. The van der Waals surface area contributed by atoms with Gasteiger partial charge in [0, 0.05) is 32.3 Å². The van der Waals surface area contributed by atoms with Gasteiger partial charge in [0.2, 0.25) is 0 Å². The van der Waals surface area contributed by atoms with Crippen LogP contribution in [0, 0.1) is 12.3 Å². The lowest BCUT2D eigenvalue weighted by atomic mass is 10.1. The van der Waals surface area contributed by atoms with E-state index in [1.54, 1.807) is 11.3 Å². The van der Waals surface area contributed by atoms with Crippen LogP contribution in [-0.4, -0.2) is 10.8 Å². The molecular formula is C20H15N5S. The standard InChI is InChI=1S/C20H15N5S/c1-2-12-4-3-5-14(10-12)23-20-16-8-9-26-18(16)15-7-6-13(19(21)25-22)11-17(15)24-20/h1,3-11H,22H2,(H2,21,25)(H,23,24). The fourth-order valence-electron chi connectivity index (χ4n) is 2.85. The number of benzene rings is 2. The van der Waals surface area contributed by atoms with E-state index in [-0.39, 0.29) is 5.84 Å². The molecule has 126 valence electrons. The van der Waals surface area contributed by atoms with Crippen molar-refractivity contribution in [2.45, 2.75) is 0 Å². The van der Waals surface area contributed by atoms with Crippen molar-refractivity contribution in [3.05, 3.63) is 65.0 Å². The molecule has 0 aliphatic rings. The highest BCUT2D eigenvalue weighted by atomic mass is 32.1. The lowest BCUT2D eigenvalue weighted by Gasteiger charge is -2.10. The van der Waals surface area contributed by atoms with Gasteiger partial charge in [-0.2, -0.15) is 5.10 Å². The molecule has 0 saturated carbocycles. The van der Waals surface area contributed by atoms with Crippen molar-refractivity contribution < 1.29 is 0 Å². The Hall–Kier alpha value is -3.56. The number of pyridine rings is 1. The van der Waals surface area contributed by atoms with Gasteiger partial charge in [-0.05, 0) is 35.7 Å². The Balaban J connectivity index is 1.89. The summed E-state index contributed by atoms with van der Waals surface area (Å²) in [4.78, 5) is 4.80. The third-order valence-electron chi connectivity index (χ3n) is 4.12. The Morgan fingerprint density at radius 3 is 2.85 bits per heavy atom. The molecule has 0 atom stereocenters. The Labute approximate surface area is 154 Å². The molecule has 0 bridgehead atoms. The molecule has 2 heterocycles. The number of anilines is 2. The molecule has 0 aliphatic heterocycles. The van der Waals surface area contributed by atoms with Gasteiger partial charge in [0.25, 0.3) is 0 Å². The molecule has 4 aromatic rings. The monoisotopic (exact) mass is 357 g/mol. The third-order valence-corrected chi connectivity index (χ3v) is 5.07. The normalized spacial score (nSPS) is 11.6. The molecule has 0 radical (unpaired) electrons. The highest BCUT2D eigenvalue weighted by molar-refractivity contribution is 7.18. The fraction of sp³-hybridized carbons (Fsp3) is 0. The summed E-state index contributed by atoms with van der Waals surface area (Å²) < 4.78 is 1.15. The maximum atomic E-state index is 5.84. The number of thiophene rings is 1. The van der Waals surface area contributed by atoms with Gasteiger partial charge in [-0.1, -0.05) is 24.1 Å². The number of terminal acetylenes is 1. The highest BCUT2D eigenvalue weighted by Crippen LogP contribution is 2.35. The Morgan fingerprint density at radius 2 is 2.04 bits per heavy atom. The second-order valence-corrected chi connectivity index (χ2v) is 6.64. The molecule has 0 amide bonds. The van der Waals surface area contributed by atoms with E-state index in [0.29, 0.717) is 0 Å². The molecule has 0 aliphatic carbocycles. The third kappa shape index (κ3) is 2.70. The first-order valence-corrected chi connectivity index (χ1v) is 8.76. The minimum absolute atomic E-state index is 0.274. The second kappa shape index (κ2) is 6.39. The number of nitrogens with one attached hydrogen (secondary N) is 1. The zero-order valence-corrected chi connectivity index (χ0v) is 14.5. The van der Waals surface area contributed by atoms with Crippen LogP contribution in [-0.2, 0) is 0 Å². The van der Waals surface area contributed by atoms with Gasteiger partial charge in [0.15, 0.2) is 0 Å². The Bertz CT molecular complexity index is 1200. The SMILES string of the molecule is C#Cc1cccc(Nc2nc3cc(/C(N)=N/N)ccc3c3sccc23)c1. The van der Waals surface area contributed by atoms with Gasteiger partial charge in [0.05, 0.1) is 5.52 Å². The van der Waals surface area contributed by atoms with Crippen LogP contribution in [0.1, 0.15) is 11.1 Å². The van der Waals surface area contributed by atoms with Crippen LogP contribution in [0.25, 0.3) is 21.0 Å².